The van der Waals surface area contributed by atoms with E-state index in [1.165, 1.54) is 11.1 Å². The Bertz CT molecular complexity index is 1340. The number of aromatic nitrogens is 3. The Morgan fingerprint density at radius 1 is 0.484 bits per heavy atom. The smallest absolute Gasteiger partial charge is 0.106 e. The summed E-state index contributed by atoms with van der Waals surface area (Å²) < 4.78 is 0.779. The van der Waals surface area contributed by atoms with Gasteiger partial charge in [-0.15, -0.1) is 0 Å². The minimum atomic E-state index is 0.779. The molecule has 0 saturated heterocycles. The predicted molar refractivity (Wildman–Crippen MR) is 129 cm³/mol. The average molecular weight is 464 g/mol. The summed E-state index contributed by atoms with van der Waals surface area (Å²) in [6.45, 7) is 0. The van der Waals surface area contributed by atoms with Crippen LogP contribution in [0.15, 0.2) is 114 Å². The van der Waals surface area contributed by atoms with Crippen molar-refractivity contribution < 1.29 is 0 Å². The Morgan fingerprint density at radius 2 is 1.13 bits per heavy atom. The van der Waals surface area contributed by atoms with Gasteiger partial charge in [-0.2, -0.15) is 0 Å². The Labute approximate surface area is 189 Å². The molecule has 0 atom stereocenters. The van der Waals surface area contributed by atoms with Gasteiger partial charge in [0.05, 0.1) is 22.8 Å². The number of benzene rings is 2. The Morgan fingerprint density at radius 3 is 1.84 bits per heavy atom. The molecule has 5 aromatic rings. The Kier molecular flexibility index (Phi) is 5.38. The van der Waals surface area contributed by atoms with E-state index in [0.717, 1.165) is 38.5 Å². The second-order valence-corrected chi connectivity index (χ2v) is 7.91. The van der Waals surface area contributed by atoms with Crippen LogP contribution in [0.1, 0.15) is 0 Å². The van der Waals surface area contributed by atoms with E-state index >= 15 is 0 Å². The van der Waals surface area contributed by atoms with Gasteiger partial charge in [-0.25, -0.2) is 9.97 Å². The van der Waals surface area contributed by atoms with E-state index in [1.54, 1.807) is 6.20 Å². The molecular formula is C27H18BrN3. The number of halogens is 1. The molecule has 0 aliphatic heterocycles. The van der Waals surface area contributed by atoms with Crippen LogP contribution in [-0.4, -0.2) is 15.0 Å². The van der Waals surface area contributed by atoms with E-state index in [9.17, 15) is 0 Å². The molecule has 0 radical (unpaired) electrons. The third kappa shape index (κ3) is 4.16. The van der Waals surface area contributed by atoms with Gasteiger partial charge in [0.1, 0.15) is 4.60 Å². The highest BCUT2D eigenvalue weighted by atomic mass is 79.9. The highest BCUT2D eigenvalue weighted by Crippen LogP contribution is 2.35. The predicted octanol–water partition coefficient (Wildman–Crippen LogP) is 7.30. The fourth-order valence-corrected chi connectivity index (χ4v) is 3.96. The maximum absolute atomic E-state index is 4.90. The minimum absolute atomic E-state index is 0.779. The summed E-state index contributed by atoms with van der Waals surface area (Å²) in [5.41, 5.74) is 7.84. The number of hydrogen-bond acceptors (Lipinski definition) is 3. The van der Waals surface area contributed by atoms with Crippen molar-refractivity contribution in [3.63, 3.8) is 0 Å². The van der Waals surface area contributed by atoms with Crippen LogP contribution < -0.4 is 0 Å². The molecule has 3 aromatic heterocycles. The van der Waals surface area contributed by atoms with E-state index < -0.39 is 0 Å². The van der Waals surface area contributed by atoms with Crippen LogP contribution in [0.25, 0.3) is 45.0 Å². The van der Waals surface area contributed by atoms with Crippen LogP contribution in [0, 0.1) is 0 Å². The van der Waals surface area contributed by atoms with Crippen molar-refractivity contribution in [3.05, 3.63) is 114 Å². The SMILES string of the molecule is Brc1cccc(-c2cc(-c3ccccc3-c3ccccc3)cc(-c3ccccn3)n2)n1. The molecule has 31 heavy (non-hydrogen) atoms. The normalized spacial score (nSPS) is 10.7. The first-order valence-corrected chi connectivity index (χ1v) is 10.8. The number of pyridine rings is 3. The topological polar surface area (TPSA) is 38.7 Å². The van der Waals surface area contributed by atoms with E-state index in [0.29, 0.717) is 0 Å². The highest BCUT2D eigenvalue weighted by molar-refractivity contribution is 9.10. The first-order valence-electron chi connectivity index (χ1n) is 9.99. The number of nitrogens with zero attached hydrogens (tertiary/aromatic N) is 3. The molecule has 0 N–H and O–H groups in total. The van der Waals surface area contributed by atoms with Crippen molar-refractivity contribution in [2.24, 2.45) is 0 Å². The standard InChI is InChI=1S/C27H18BrN3/c28-27-15-8-14-24(31-27)26-18-20(17-25(30-26)23-13-6-7-16-29-23)22-12-5-4-11-21(22)19-9-2-1-3-10-19/h1-18H. The van der Waals surface area contributed by atoms with Crippen LogP contribution in [0.4, 0.5) is 0 Å². The maximum atomic E-state index is 4.90. The summed E-state index contributed by atoms with van der Waals surface area (Å²) in [4.78, 5) is 14.0. The van der Waals surface area contributed by atoms with Gasteiger partial charge in [-0.3, -0.25) is 4.98 Å². The Hall–Kier alpha value is -3.63. The first kappa shape index (κ1) is 19.3. The lowest BCUT2D eigenvalue weighted by atomic mass is 9.94. The van der Waals surface area contributed by atoms with Gasteiger partial charge in [0.2, 0.25) is 0 Å². The van der Waals surface area contributed by atoms with Crippen LogP contribution in [0.3, 0.4) is 0 Å². The molecule has 5 rings (SSSR count). The van der Waals surface area contributed by atoms with E-state index in [2.05, 4.69) is 86.6 Å². The van der Waals surface area contributed by atoms with E-state index in [4.69, 9.17) is 4.98 Å². The molecule has 0 bridgehead atoms. The van der Waals surface area contributed by atoms with Crippen molar-refractivity contribution in [3.8, 4) is 45.0 Å². The third-order valence-electron chi connectivity index (χ3n) is 5.05. The summed E-state index contributed by atoms with van der Waals surface area (Å²) >= 11 is 3.48. The molecule has 0 aliphatic carbocycles. The molecule has 0 fully saturated rings. The van der Waals surface area contributed by atoms with Gasteiger partial charge < -0.3 is 0 Å². The Balaban J connectivity index is 1.74. The van der Waals surface area contributed by atoms with Gasteiger partial charge in [-0.05, 0) is 74.6 Å². The van der Waals surface area contributed by atoms with Gasteiger partial charge in [0.15, 0.2) is 0 Å². The highest BCUT2D eigenvalue weighted by Gasteiger charge is 2.13. The zero-order chi connectivity index (χ0) is 21.0. The molecule has 0 unspecified atom stereocenters. The molecule has 0 aliphatic rings. The van der Waals surface area contributed by atoms with E-state index in [-0.39, 0.29) is 0 Å². The average Bonchev–Trinajstić information content (AvgIpc) is 2.85. The van der Waals surface area contributed by atoms with Crippen molar-refractivity contribution in [1.82, 2.24) is 15.0 Å². The van der Waals surface area contributed by atoms with Gasteiger partial charge in [0.25, 0.3) is 0 Å². The molecule has 148 valence electrons. The van der Waals surface area contributed by atoms with Crippen LogP contribution in [-0.2, 0) is 0 Å². The van der Waals surface area contributed by atoms with Crippen LogP contribution in [0.2, 0.25) is 0 Å². The summed E-state index contributed by atoms with van der Waals surface area (Å²) in [6, 6.07) is 34.8. The van der Waals surface area contributed by atoms with E-state index in [1.807, 2.05) is 42.5 Å². The van der Waals surface area contributed by atoms with Crippen molar-refractivity contribution in [2.75, 3.05) is 0 Å². The third-order valence-corrected chi connectivity index (χ3v) is 5.49. The zero-order valence-electron chi connectivity index (χ0n) is 16.6. The largest absolute Gasteiger partial charge is 0.255 e. The summed E-state index contributed by atoms with van der Waals surface area (Å²) in [6.07, 6.45) is 1.79. The lowest BCUT2D eigenvalue weighted by Gasteiger charge is -2.13. The molecule has 3 heterocycles. The zero-order valence-corrected chi connectivity index (χ0v) is 18.2. The van der Waals surface area contributed by atoms with Crippen LogP contribution >= 0.6 is 15.9 Å². The maximum Gasteiger partial charge on any atom is 0.106 e. The lowest BCUT2D eigenvalue weighted by molar-refractivity contribution is 1.20. The molecule has 4 heteroatoms. The van der Waals surface area contributed by atoms with Gasteiger partial charge in [0, 0.05) is 6.20 Å². The van der Waals surface area contributed by atoms with Crippen molar-refractivity contribution in [2.45, 2.75) is 0 Å². The van der Waals surface area contributed by atoms with Gasteiger partial charge in [-0.1, -0.05) is 66.7 Å². The fourth-order valence-electron chi connectivity index (χ4n) is 3.62. The van der Waals surface area contributed by atoms with Crippen molar-refractivity contribution >= 4 is 15.9 Å². The fraction of sp³-hybridized carbons (Fsp3) is 0. The number of rotatable bonds is 4. The molecular weight excluding hydrogens is 446 g/mol. The molecule has 0 spiro atoms. The molecule has 0 amide bonds. The second kappa shape index (κ2) is 8.62. The molecule has 2 aromatic carbocycles. The van der Waals surface area contributed by atoms with Gasteiger partial charge >= 0.3 is 0 Å². The molecule has 0 saturated carbocycles. The summed E-state index contributed by atoms with van der Waals surface area (Å²) in [5, 5.41) is 0. The monoisotopic (exact) mass is 463 g/mol. The summed E-state index contributed by atoms with van der Waals surface area (Å²) in [5.74, 6) is 0. The second-order valence-electron chi connectivity index (χ2n) is 7.10. The number of hydrogen-bond donors (Lipinski definition) is 0. The summed E-state index contributed by atoms with van der Waals surface area (Å²) in [7, 11) is 0. The first-order chi connectivity index (χ1) is 15.3. The minimum Gasteiger partial charge on any atom is -0.255 e. The lowest BCUT2D eigenvalue weighted by Crippen LogP contribution is -1.95. The molecule has 3 nitrogen and oxygen atoms in total. The van der Waals surface area contributed by atoms with Crippen LogP contribution in [0.5, 0.6) is 0 Å². The quantitative estimate of drug-likeness (QED) is 0.262. The van der Waals surface area contributed by atoms with Crippen molar-refractivity contribution in [1.29, 1.82) is 0 Å².